The second-order valence-corrected chi connectivity index (χ2v) is 4.76. The maximum Gasteiger partial charge on any atom is 0.220 e. The van der Waals surface area contributed by atoms with Crippen LogP contribution >= 0.6 is 0 Å². The summed E-state index contributed by atoms with van der Waals surface area (Å²) in [7, 11) is 4.06. The molecule has 0 unspecified atom stereocenters. The lowest BCUT2D eigenvalue weighted by atomic mass is 10.1. The fraction of sp³-hybridized carbons (Fsp3) is 0.533. The van der Waals surface area contributed by atoms with Crippen molar-refractivity contribution in [1.82, 2.24) is 5.32 Å². The van der Waals surface area contributed by atoms with E-state index in [-0.39, 0.29) is 5.91 Å². The third kappa shape index (κ3) is 5.21. The first kappa shape index (κ1) is 14.6. The van der Waals surface area contributed by atoms with Gasteiger partial charge in [0, 0.05) is 32.7 Å². The molecule has 0 aliphatic rings. The summed E-state index contributed by atoms with van der Waals surface area (Å²) in [4.78, 5) is 13.5. The van der Waals surface area contributed by atoms with E-state index in [1.54, 1.807) is 0 Å². The van der Waals surface area contributed by atoms with Crippen molar-refractivity contribution in [2.75, 3.05) is 25.5 Å². The summed E-state index contributed by atoms with van der Waals surface area (Å²) >= 11 is 0. The molecule has 0 bridgehead atoms. The number of nitrogens with one attached hydrogen (secondary N) is 1. The van der Waals surface area contributed by atoms with Gasteiger partial charge in [0.25, 0.3) is 0 Å². The quantitative estimate of drug-likeness (QED) is 0.804. The minimum Gasteiger partial charge on any atom is -0.378 e. The van der Waals surface area contributed by atoms with Crippen molar-refractivity contribution < 1.29 is 4.79 Å². The lowest BCUT2D eigenvalue weighted by molar-refractivity contribution is -0.121. The molecule has 18 heavy (non-hydrogen) atoms. The van der Waals surface area contributed by atoms with Gasteiger partial charge in [-0.2, -0.15) is 0 Å². The summed E-state index contributed by atoms with van der Waals surface area (Å²) in [6, 6.07) is 8.45. The Morgan fingerprint density at radius 3 is 2.44 bits per heavy atom. The van der Waals surface area contributed by atoms with E-state index >= 15 is 0 Å². The Labute approximate surface area is 110 Å². The van der Waals surface area contributed by atoms with Crippen LogP contribution in [0.1, 0.15) is 31.7 Å². The number of benzene rings is 1. The van der Waals surface area contributed by atoms with Crippen LogP contribution < -0.4 is 10.2 Å². The largest absolute Gasteiger partial charge is 0.378 e. The Bertz CT molecular complexity index is 357. The van der Waals surface area contributed by atoms with Gasteiger partial charge in [-0.3, -0.25) is 4.79 Å². The van der Waals surface area contributed by atoms with E-state index in [1.165, 1.54) is 11.3 Å². The highest BCUT2D eigenvalue weighted by Gasteiger charge is 2.00. The Morgan fingerprint density at radius 2 is 1.89 bits per heavy atom. The monoisotopic (exact) mass is 248 g/mol. The number of carbonyl (C=O) groups excluding carboxylic acids is 1. The molecule has 3 nitrogen and oxygen atoms in total. The molecule has 1 rings (SSSR count). The van der Waals surface area contributed by atoms with E-state index in [0.29, 0.717) is 6.42 Å². The Morgan fingerprint density at radius 1 is 1.22 bits per heavy atom. The number of amides is 1. The van der Waals surface area contributed by atoms with Crippen LogP contribution in [-0.2, 0) is 11.2 Å². The highest BCUT2D eigenvalue weighted by molar-refractivity contribution is 5.75. The SMILES string of the molecule is CCCCC(=O)NCCc1ccc(N(C)C)cc1. The first-order valence-electron chi connectivity index (χ1n) is 6.66. The van der Waals surface area contributed by atoms with Gasteiger partial charge in [-0.1, -0.05) is 25.5 Å². The number of carbonyl (C=O) groups is 1. The molecule has 0 heterocycles. The number of hydrogen-bond donors (Lipinski definition) is 1. The normalized spacial score (nSPS) is 10.2. The average Bonchev–Trinajstić information content (AvgIpc) is 2.37. The van der Waals surface area contributed by atoms with Crippen molar-refractivity contribution in [2.45, 2.75) is 32.6 Å². The summed E-state index contributed by atoms with van der Waals surface area (Å²) in [5.74, 6) is 0.168. The first-order valence-corrected chi connectivity index (χ1v) is 6.66. The van der Waals surface area contributed by atoms with Gasteiger partial charge in [-0.25, -0.2) is 0 Å². The summed E-state index contributed by atoms with van der Waals surface area (Å²) in [5.41, 5.74) is 2.46. The van der Waals surface area contributed by atoms with Crippen LogP contribution in [0.3, 0.4) is 0 Å². The number of hydrogen-bond acceptors (Lipinski definition) is 2. The van der Waals surface area contributed by atoms with Crippen LogP contribution in [0.2, 0.25) is 0 Å². The van der Waals surface area contributed by atoms with Gasteiger partial charge in [0.1, 0.15) is 0 Å². The third-order valence-corrected chi connectivity index (χ3v) is 2.95. The van der Waals surface area contributed by atoms with Gasteiger partial charge >= 0.3 is 0 Å². The summed E-state index contributed by atoms with van der Waals surface area (Å²) < 4.78 is 0. The number of rotatable bonds is 7. The summed E-state index contributed by atoms with van der Waals surface area (Å²) in [5, 5.41) is 2.95. The van der Waals surface area contributed by atoms with Gasteiger partial charge in [0.05, 0.1) is 0 Å². The molecule has 1 amide bonds. The highest BCUT2D eigenvalue weighted by Crippen LogP contribution is 2.12. The fourth-order valence-corrected chi connectivity index (χ4v) is 1.73. The Balaban J connectivity index is 2.29. The van der Waals surface area contributed by atoms with E-state index < -0.39 is 0 Å². The number of nitrogens with zero attached hydrogens (tertiary/aromatic N) is 1. The lowest BCUT2D eigenvalue weighted by Gasteiger charge is -2.12. The summed E-state index contributed by atoms with van der Waals surface area (Å²) in [6.07, 6.45) is 3.59. The van der Waals surface area contributed by atoms with E-state index in [2.05, 4.69) is 41.4 Å². The Hall–Kier alpha value is -1.51. The van der Waals surface area contributed by atoms with Gasteiger partial charge in [0.2, 0.25) is 5.91 Å². The molecule has 1 aromatic carbocycles. The maximum absolute atomic E-state index is 11.4. The molecule has 0 aliphatic heterocycles. The van der Waals surface area contributed by atoms with Crippen LogP contribution in [0.15, 0.2) is 24.3 Å². The third-order valence-electron chi connectivity index (χ3n) is 2.95. The van der Waals surface area contributed by atoms with Crippen LogP contribution in [0, 0.1) is 0 Å². The van der Waals surface area contributed by atoms with Crippen molar-refractivity contribution in [3.8, 4) is 0 Å². The molecule has 0 fully saturated rings. The van der Waals surface area contributed by atoms with Crippen LogP contribution in [0.25, 0.3) is 0 Å². The maximum atomic E-state index is 11.4. The predicted molar refractivity (Wildman–Crippen MR) is 77.0 cm³/mol. The second kappa shape index (κ2) is 7.75. The van der Waals surface area contributed by atoms with E-state index in [0.717, 1.165) is 25.8 Å². The van der Waals surface area contributed by atoms with Gasteiger partial charge in [-0.15, -0.1) is 0 Å². The predicted octanol–water partition coefficient (Wildman–Crippen LogP) is 2.60. The molecule has 0 radical (unpaired) electrons. The average molecular weight is 248 g/mol. The smallest absolute Gasteiger partial charge is 0.220 e. The standard InChI is InChI=1S/C15H24N2O/c1-4-5-6-15(18)16-12-11-13-7-9-14(10-8-13)17(2)3/h7-10H,4-6,11-12H2,1-3H3,(H,16,18). The number of unbranched alkanes of at least 4 members (excludes halogenated alkanes) is 1. The molecule has 0 saturated heterocycles. The highest BCUT2D eigenvalue weighted by atomic mass is 16.1. The van der Waals surface area contributed by atoms with Crippen LogP contribution in [-0.4, -0.2) is 26.5 Å². The van der Waals surface area contributed by atoms with Gasteiger partial charge in [0.15, 0.2) is 0 Å². The van der Waals surface area contributed by atoms with E-state index in [4.69, 9.17) is 0 Å². The number of anilines is 1. The van der Waals surface area contributed by atoms with Crippen molar-refractivity contribution in [2.24, 2.45) is 0 Å². The fourth-order valence-electron chi connectivity index (χ4n) is 1.73. The Kier molecular flexibility index (Phi) is 6.26. The molecule has 0 spiro atoms. The molecule has 3 heteroatoms. The zero-order valence-electron chi connectivity index (χ0n) is 11.7. The van der Waals surface area contributed by atoms with E-state index in [1.807, 2.05) is 14.1 Å². The van der Waals surface area contributed by atoms with Gasteiger partial charge < -0.3 is 10.2 Å². The van der Waals surface area contributed by atoms with Crippen molar-refractivity contribution >= 4 is 11.6 Å². The zero-order chi connectivity index (χ0) is 13.4. The topological polar surface area (TPSA) is 32.3 Å². The zero-order valence-corrected chi connectivity index (χ0v) is 11.7. The lowest BCUT2D eigenvalue weighted by Crippen LogP contribution is -2.25. The molecule has 1 aromatic rings. The summed E-state index contributed by atoms with van der Waals surface area (Å²) in [6.45, 7) is 2.82. The van der Waals surface area contributed by atoms with Crippen molar-refractivity contribution in [3.63, 3.8) is 0 Å². The first-order chi connectivity index (χ1) is 8.63. The minimum absolute atomic E-state index is 0.168. The molecule has 1 N–H and O–H groups in total. The molecular weight excluding hydrogens is 224 g/mol. The van der Waals surface area contributed by atoms with Crippen molar-refractivity contribution in [1.29, 1.82) is 0 Å². The molecule has 100 valence electrons. The molecule has 0 aromatic heterocycles. The molecule has 0 atom stereocenters. The van der Waals surface area contributed by atoms with Crippen molar-refractivity contribution in [3.05, 3.63) is 29.8 Å². The molecular formula is C15H24N2O. The van der Waals surface area contributed by atoms with Crippen LogP contribution in [0.5, 0.6) is 0 Å². The molecule has 0 aliphatic carbocycles. The van der Waals surface area contributed by atoms with Crippen LogP contribution in [0.4, 0.5) is 5.69 Å². The minimum atomic E-state index is 0.168. The molecule has 0 saturated carbocycles. The van der Waals surface area contributed by atoms with E-state index in [9.17, 15) is 4.79 Å². The van der Waals surface area contributed by atoms with Gasteiger partial charge in [-0.05, 0) is 30.5 Å². The second-order valence-electron chi connectivity index (χ2n) is 4.76.